The summed E-state index contributed by atoms with van der Waals surface area (Å²) in [6.45, 7) is 4.22. The number of halogens is 1. The van der Waals surface area contributed by atoms with Crippen LogP contribution in [-0.2, 0) is 4.79 Å². The number of benzene rings is 1. The van der Waals surface area contributed by atoms with Crippen LogP contribution in [0.3, 0.4) is 0 Å². The number of piperidine rings is 1. The average molecular weight is 296 g/mol. The standard InChI is InChI=1S/C15H22ClN3O/c1-11(12-3-2-4-13(16)9-12)18-15(20)10-19-7-5-14(17)6-8-19/h2-4,9,11,14H,5-8,10,17H2,1H3,(H,18,20)/t11-/m0/s1. The van der Waals surface area contributed by atoms with E-state index in [0.717, 1.165) is 31.5 Å². The molecule has 4 nitrogen and oxygen atoms in total. The van der Waals surface area contributed by atoms with E-state index in [0.29, 0.717) is 17.6 Å². The zero-order valence-corrected chi connectivity index (χ0v) is 12.6. The number of rotatable bonds is 4. The number of amides is 1. The number of hydrogen-bond acceptors (Lipinski definition) is 3. The molecular weight excluding hydrogens is 274 g/mol. The summed E-state index contributed by atoms with van der Waals surface area (Å²) in [7, 11) is 0. The van der Waals surface area contributed by atoms with Gasteiger partial charge < -0.3 is 11.1 Å². The van der Waals surface area contributed by atoms with E-state index < -0.39 is 0 Å². The molecule has 2 rings (SSSR count). The van der Waals surface area contributed by atoms with Crippen molar-refractivity contribution < 1.29 is 4.79 Å². The number of nitrogens with two attached hydrogens (primary N) is 1. The van der Waals surface area contributed by atoms with Crippen molar-refractivity contribution >= 4 is 17.5 Å². The predicted octanol–water partition coefficient (Wildman–Crippen LogP) is 1.94. The highest BCUT2D eigenvalue weighted by molar-refractivity contribution is 6.30. The van der Waals surface area contributed by atoms with Gasteiger partial charge in [0.25, 0.3) is 0 Å². The van der Waals surface area contributed by atoms with E-state index in [9.17, 15) is 4.79 Å². The Morgan fingerprint density at radius 1 is 1.50 bits per heavy atom. The maximum absolute atomic E-state index is 12.0. The number of nitrogens with one attached hydrogen (secondary N) is 1. The van der Waals surface area contributed by atoms with Gasteiger partial charge in [-0.15, -0.1) is 0 Å². The molecule has 1 aliphatic rings. The van der Waals surface area contributed by atoms with E-state index in [1.165, 1.54) is 0 Å². The zero-order chi connectivity index (χ0) is 14.5. The molecule has 0 aromatic heterocycles. The normalized spacial score (nSPS) is 18.8. The van der Waals surface area contributed by atoms with Crippen molar-refractivity contribution in [3.63, 3.8) is 0 Å². The third-order valence-corrected chi connectivity index (χ3v) is 3.96. The molecule has 0 radical (unpaired) electrons. The third-order valence-electron chi connectivity index (χ3n) is 3.73. The maximum atomic E-state index is 12.0. The van der Waals surface area contributed by atoms with Gasteiger partial charge in [0, 0.05) is 24.2 Å². The van der Waals surface area contributed by atoms with Crippen LogP contribution in [0.5, 0.6) is 0 Å². The first-order chi connectivity index (χ1) is 9.54. The fourth-order valence-corrected chi connectivity index (χ4v) is 2.66. The van der Waals surface area contributed by atoms with Crippen LogP contribution in [0.4, 0.5) is 0 Å². The molecule has 3 N–H and O–H groups in total. The fraction of sp³-hybridized carbons (Fsp3) is 0.533. The highest BCUT2D eigenvalue weighted by Gasteiger charge is 2.19. The first kappa shape index (κ1) is 15.3. The lowest BCUT2D eigenvalue weighted by molar-refractivity contribution is -0.123. The van der Waals surface area contributed by atoms with Gasteiger partial charge in [0.1, 0.15) is 0 Å². The van der Waals surface area contributed by atoms with Gasteiger partial charge >= 0.3 is 0 Å². The number of carbonyl (C=O) groups is 1. The lowest BCUT2D eigenvalue weighted by Crippen LogP contribution is -2.44. The van der Waals surface area contributed by atoms with Crippen molar-refractivity contribution in [1.29, 1.82) is 0 Å². The van der Waals surface area contributed by atoms with Crippen LogP contribution in [0.15, 0.2) is 24.3 Å². The summed E-state index contributed by atoms with van der Waals surface area (Å²) in [5.41, 5.74) is 6.88. The van der Waals surface area contributed by atoms with E-state index in [2.05, 4.69) is 10.2 Å². The molecule has 20 heavy (non-hydrogen) atoms. The van der Waals surface area contributed by atoms with Crippen LogP contribution in [-0.4, -0.2) is 36.5 Å². The quantitative estimate of drug-likeness (QED) is 0.892. The van der Waals surface area contributed by atoms with Crippen LogP contribution < -0.4 is 11.1 Å². The number of carbonyl (C=O) groups excluding carboxylic acids is 1. The van der Waals surface area contributed by atoms with Crippen LogP contribution in [0.1, 0.15) is 31.4 Å². The summed E-state index contributed by atoms with van der Waals surface area (Å²) in [4.78, 5) is 14.2. The first-order valence-corrected chi connectivity index (χ1v) is 7.45. The van der Waals surface area contributed by atoms with Crippen molar-refractivity contribution in [2.24, 2.45) is 5.73 Å². The SMILES string of the molecule is C[C@H](NC(=O)CN1CCC(N)CC1)c1cccc(Cl)c1. The molecule has 1 aromatic rings. The molecule has 1 atom stereocenters. The molecule has 0 saturated carbocycles. The Bertz CT molecular complexity index is 458. The van der Waals surface area contributed by atoms with Gasteiger partial charge in [-0.25, -0.2) is 0 Å². The summed E-state index contributed by atoms with van der Waals surface area (Å²) < 4.78 is 0. The van der Waals surface area contributed by atoms with Crippen LogP contribution in [0.2, 0.25) is 5.02 Å². The molecule has 110 valence electrons. The Balaban J connectivity index is 1.82. The molecule has 5 heteroatoms. The van der Waals surface area contributed by atoms with Gasteiger partial charge in [0.15, 0.2) is 0 Å². The molecule has 1 aliphatic heterocycles. The third kappa shape index (κ3) is 4.47. The molecule has 1 aromatic carbocycles. The zero-order valence-electron chi connectivity index (χ0n) is 11.8. The summed E-state index contributed by atoms with van der Waals surface area (Å²) in [5, 5.41) is 3.70. The Kier molecular flexibility index (Phi) is 5.40. The fourth-order valence-electron chi connectivity index (χ4n) is 2.46. The van der Waals surface area contributed by atoms with E-state index in [-0.39, 0.29) is 11.9 Å². The van der Waals surface area contributed by atoms with Crippen molar-refractivity contribution in [3.8, 4) is 0 Å². The van der Waals surface area contributed by atoms with Crippen LogP contribution in [0, 0.1) is 0 Å². The van der Waals surface area contributed by atoms with Gasteiger partial charge in [0.05, 0.1) is 12.6 Å². The average Bonchev–Trinajstić information content (AvgIpc) is 2.41. The van der Waals surface area contributed by atoms with Crippen LogP contribution in [0.25, 0.3) is 0 Å². The van der Waals surface area contributed by atoms with Gasteiger partial charge in [-0.2, -0.15) is 0 Å². The van der Waals surface area contributed by atoms with Crippen molar-refractivity contribution in [3.05, 3.63) is 34.9 Å². The van der Waals surface area contributed by atoms with Crippen molar-refractivity contribution in [2.75, 3.05) is 19.6 Å². The lowest BCUT2D eigenvalue weighted by Gasteiger charge is -2.29. The molecule has 0 aliphatic carbocycles. The van der Waals surface area contributed by atoms with E-state index in [1.54, 1.807) is 0 Å². The van der Waals surface area contributed by atoms with E-state index in [4.69, 9.17) is 17.3 Å². The molecule has 0 spiro atoms. The molecule has 1 fully saturated rings. The second kappa shape index (κ2) is 7.07. The minimum absolute atomic E-state index is 0.0340. The largest absolute Gasteiger partial charge is 0.348 e. The summed E-state index contributed by atoms with van der Waals surface area (Å²) in [6.07, 6.45) is 1.94. The van der Waals surface area contributed by atoms with Crippen molar-refractivity contribution in [1.82, 2.24) is 10.2 Å². The molecule has 1 saturated heterocycles. The first-order valence-electron chi connectivity index (χ1n) is 7.07. The van der Waals surface area contributed by atoms with E-state index >= 15 is 0 Å². The Morgan fingerprint density at radius 2 is 2.20 bits per heavy atom. The van der Waals surface area contributed by atoms with Crippen LogP contribution >= 0.6 is 11.6 Å². The monoisotopic (exact) mass is 295 g/mol. The highest BCUT2D eigenvalue weighted by Crippen LogP contribution is 2.17. The van der Waals surface area contributed by atoms with Gasteiger partial charge in [-0.3, -0.25) is 9.69 Å². The Hall–Kier alpha value is -1.10. The number of likely N-dealkylation sites (tertiary alicyclic amines) is 1. The molecule has 0 unspecified atom stereocenters. The Morgan fingerprint density at radius 3 is 2.85 bits per heavy atom. The minimum atomic E-state index is -0.0340. The number of nitrogens with zero attached hydrogens (tertiary/aromatic N) is 1. The summed E-state index contributed by atoms with van der Waals surface area (Å²) >= 11 is 5.96. The van der Waals surface area contributed by atoms with Crippen molar-refractivity contribution in [2.45, 2.75) is 31.8 Å². The maximum Gasteiger partial charge on any atom is 0.234 e. The second-order valence-corrected chi connectivity index (χ2v) is 5.89. The number of hydrogen-bond donors (Lipinski definition) is 2. The molecule has 1 heterocycles. The molecule has 0 bridgehead atoms. The lowest BCUT2D eigenvalue weighted by atomic mass is 10.1. The summed E-state index contributed by atoms with van der Waals surface area (Å²) in [6, 6.07) is 7.83. The highest BCUT2D eigenvalue weighted by atomic mass is 35.5. The second-order valence-electron chi connectivity index (χ2n) is 5.46. The van der Waals surface area contributed by atoms with Gasteiger partial charge in [-0.1, -0.05) is 23.7 Å². The van der Waals surface area contributed by atoms with E-state index in [1.807, 2.05) is 31.2 Å². The molecular formula is C15H22ClN3O. The predicted molar refractivity (Wildman–Crippen MR) is 81.7 cm³/mol. The minimum Gasteiger partial charge on any atom is -0.348 e. The Labute approximate surface area is 125 Å². The molecule has 1 amide bonds. The van der Waals surface area contributed by atoms with Gasteiger partial charge in [-0.05, 0) is 37.5 Å². The van der Waals surface area contributed by atoms with Gasteiger partial charge in [0.2, 0.25) is 5.91 Å². The smallest absolute Gasteiger partial charge is 0.234 e. The summed E-state index contributed by atoms with van der Waals surface area (Å²) in [5.74, 6) is 0.0490. The topological polar surface area (TPSA) is 58.4 Å².